The van der Waals surface area contributed by atoms with E-state index in [2.05, 4.69) is 0 Å². The van der Waals surface area contributed by atoms with Gasteiger partial charge in [-0.15, -0.1) is 0 Å². The molecule has 0 N–H and O–H groups in total. The van der Waals surface area contributed by atoms with Crippen LogP contribution in [0.3, 0.4) is 0 Å². The number of sulfone groups is 1. The van der Waals surface area contributed by atoms with E-state index in [0.29, 0.717) is 0 Å². The molecule has 1 aromatic rings. The molecule has 16 heavy (non-hydrogen) atoms. The van der Waals surface area contributed by atoms with Gasteiger partial charge in [0.2, 0.25) is 9.84 Å². The standard InChI is InChI=1S/C13H15O2S/c1-4-12(10-11(2)3)16(14,15)13-8-6-5-7-9-13/h1,4-11H,2-3H3/b4-1?,12-10-. The Morgan fingerprint density at radius 3 is 2.25 bits per heavy atom. The van der Waals surface area contributed by atoms with Crippen molar-refractivity contribution in [1.82, 2.24) is 0 Å². The maximum Gasteiger partial charge on any atom is 0.206 e. The zero-order valence-electron chi connectivity index (χ0n) is 9.42. The van der Waals surface area contributed by atoms with Gasteiger partial charge in [0.15, 0.2) is 0 Å². The zero-order chi connectivity index (χ0) is 12.2. The van der Waals surface area contributed by atoms with Gasteiger partial charge in [0.25, 0.3) is 0 Å². The highest BCUT2D eigenvalue weighted by Crippen LogP contribution is 2.20. The third-order valence-electron chi connectivity index (χ3n) is 2.03. The van der Waals surface area contributed by atoms with Crippen LogP contribution in [0.4, 0.5) is 0 Å². The van der Waals surface area contributed by atoms with Crippen LogP contribution in [0.1, 0.15) is 13.8 Å². The minimum Gasteiger partial charge on any atom is -0.219 e. The number of hydrogen-bond acceptors (Lipinski definition) is 2. The van der Waals surface area contributed by atoms with Crippen LogP contribution in [0.25, 0.3) is 0 Å². The van der Waals surface area contributed by atoms with Gasteiger partial charge >= 0.3 is 0 Å². The first kappa shape index (κ1) is 12.7. The molecule has 0 saturated carbocycles. The molecule has 0 spiro atoms. The molecular formula is C13H15O2S. The lowest BCUT2D eigenvalue weighted by Gasteiger charge is -2.06. The predicted molar refractivity (Wildman–Crippen MR) is 65.4 cm³/mol. The lowest BCUT2D eigenvalue weighted by Crippen LogP contribution is -2.04. The molecular weight excluding hydrogens is 220 g/mol. The maximum absolute atomic E-state index is 12.1. The zero-order valence-corrected chi connectivity index (χ0v) is 10.2. The summed E-state index contributed by atoms with van der Waals surface area (Å²) in [5.41, 5.74) is 0. The highest BCUT2D eigenvalue weighted by molar-refractivity contribution is 7.95. The summed E-state index contributed by atoms with van der Waals surface area (Å²) in [4.78, 5) is 0.428. The normalized spacial score (nSPS) is 12.8. The summed E-state index contributed by atoms with van der Waals surface area (Å²) in [6, 6.07) is 8.28. The van der Waals surface area contributed by atoms with Crippen LogP contribution < -0.4 is 0 Å². The summed E-state index contributed by atoms with van der Waals surface area (Å²) in [6.45, 7) is 9.19. The van der Waals surface area contributed by atoms with Crippen LogP contribution in [0.15, 0.2) is 52.3 Å². The Kier molecular flexibility index (Phi) is 4.07. The maximum atomic E-state index is 12.1. The van der Waals surface area contributed by atoms with Crippen LogP contribution >= 0.6 is 0 Å². The quantitative estimate of drug-likeness (QED) is 0.752. The van der Waals surface area contributed by atoms with Gasteiger partial charge in [-0.1, -0.05) is 44.7 Å². The van der Waals surface area contributed by atoms with Gasteiger partial charge < -0.3 is 0 Å². The summed E-state index contributed by atoms with van der Waals surface area (Å²) in [5.74, 6) is 0.133. The summed E-state index contributed by atoms with van der Waals surface area (Å²) < 4.78 is 24.2. The third-order valence-corrected chi connectivity index (χ3v) is 3.81. The van der Waals surface area contributed by atoms with E-state index in [1.165, 1.54) is 0 Å². The lowest BCUT2D eigenvalue weighted by atomic mass is 10.2. The number of rotatable bonds is 4. The SMILES string of the molecule is [CH]=C/C(=C/C(C)C)S(=O)(=O)c1ccccc1. The summed E-state index contributed by atoms with van der Waals surface area (Å²) in [7, 11) is -3.47. The number of allylic oxidation sites excluding steroid dienone is 2. The van der Waals surface area contributed by atoms with E-state index in [1.54, 1.807) is 36.4 Å². The highest BCUT2D eigenvalue weighted by Gasteiger charge is 2.17. The minimum absolute atomic E-state index is 0.133. The van der Waals surface area contributed by atoms with Gasteiger partial charge in [0.05, 0.1) is 9.80 Å². The number of benzene rings is 1. The largest absolute Gasteiger partial charge is 0.219 e. The third kappa shape index (κ3) is 2.83. The van der Waals surface area contributed by atoms with Gasteiger partial charge in [0.1, 0.15) is 0 Å². The van der Waals surface area contributed by atoms with E-state index in [-0.39, 0.29) is 15.7 Å². The van der Waals surface area contributed by atoms with Crippen LogP contribution in [0.5, 0.6) is 0 Å². The molecule has 0 heterocycles. The van der Waals surface area contributed by atoms with Crippen LogP contribution in [0.2, 0.25) is 0 Å². The fourth-order valence-electron chi connectivity index (χ4n) is 1.30. The second-order valence-corrected chi connectivity index (χ2v) is 5.75. The van der Waals surface area contributed by atoms with Crippen molar-refractivity contribution in [2.75, 3.05) is 0 Å². The minimum atomic E-state index is -3.47. The van der Waals surface area contributed by atoms with Crippen molar-refractivity contribution in [2.24, 2.45) is 5.92 Å². The Morgan fingerprint density at radius 2 is 1.81 bits per heavy atom. The predicted octanol–water partition coefficient (Wildman–Crippen LogP) is 2.99. The van der Waals surface area contributed by atoms with Crippen molar-refractivity contribution >= 4 is 9.84 Å². The molecule has 3 heteroatoms. The van der Waals surface area contributed by atoms with Gasteiger partial charge in [-0.2, -0.15) is 0 Å². The van der Waals surface area contributed by atoms with E-state index in [0.717, 1.165) is 6.08 Å². The van der Waals surface area contributed by atoms with Crippen LogP contribution in [-0.2, 0) is 9.84 Å². The first-order valence-corrected chi connectivity index (χ1v) is 6.53. The highest BCUT2D eigenvalue weighted by atomic mass is 32.2. The molecule has 0 amide bonds. The molecule has 0 saturated heterocycles. The Labute approximate surface area is 97.2 Å². The molecule has 0 unspecified atom stereocenters. The Bertz CT molecular complexity index is 482. The fraction of sp³-hybridized carbons (Fsp3) is 0.231. The first-order chi connectivity index (χ1) is 7.48. The van der Waals surface area contributed by atoms with E-state index in [9.17, 15) is 8.42 Å². The smallest absolute Gasteiger partial charge is 0.206 e. The summed E-state index contributed by atoms with van der Waals surface area (Å²) in [5, 5.41) is 0. The van der Waals surface area contributed by atoms with Crippen LogP contribution in [0, 0.1) is 12.5 Å². The Hall–Kier alpha value is -1.35. The van der Waals surface area contributed by atoms with Crippen LogP contribution in [-0.4, -0.2) is 8.42 Å². The topological polar surface area (TPSA) is 34.1 Å². The molecule has 0 aliphatic rings. The molecule has 1 radical (unpaired) electrons. The Balaban J connectivity index is 3.26. The molecule has 0 bridgehead atoms. The van der Waals surface area contributed by atoms with Crippen molar-refractivity contribution in [3.05, 3.63) is 54.0 Å². The first-order valence-electron chi connectivity index (χ1n) is 5.05. The van der Waals surface area contributed by atoms with Gasteiger partial charge in [0, 0.05) is 0 Å². The lowest BCUT2D eigenvalue weighted by molar-refractivity contribution is 0.602. The fourth-order valence-corrected chi connectivity index (χ4v) is 2.72. The van der Waals surface area contributed by atoms with Crippen molar-refractivity contribution in [1.29, 1.82) is 0 Å². The molecule has 2 nitrogen and oxygen atoms in total. The summed E-state index contributed by atoms with van der Waals surface area (Å²) in [6.07, 6.45) is 2.78. The van der Waals surface area contributed by atoms with Gasteiger partial charge in [-0.3, -0.25) is 0 Å². The van der Waals surface area contributed by atoms with Crippen molar-refractivity contribution in [3.8, 4) is 0 Å². The average molecular weight is 235 g/mol. The van der Waals surface area contributed by atoms with Crippen molar-refractivity contribution in [3.63, 3.8) is 0 Å². The van der Waals surface area contributed by atoms with E-state index in [1.807, 2.05) is 13.8 Å². The molecule has 0 aromatic heterocycles. The van der Waals surface area contributed by atoms with Crippen molar-refractivity contribution < 1.29 is 8.42 Å². The van der Waals surface area contributed by atoms with E-state index < -0.39 is 9.84 Å². The summed E-state index contributed by atoms with van der Waals surface area (Å²) >= 11 is 0. The molecule has 0 atom stereocenters. The molecule has 1 rings (SSSR count). The molecule has 1 aromatic carbocycles. The monoisotopic (exact) mass is 235 g/mol. The Morgan fingerprint density at radius 1 is 1.25 bits per heavy atom. The van der Waals surface area contributed by atoms with Gasteiger partial charge in [-0.05, 0) is 24.1 Å². The molecule has 0 aliphatic carbocycles. The van der Waals surface area contributed by atoms with E-state index in [4.69, 9.17) is 6.58 Å². The molecule has 85 valence electrons. The van der Waals surface area contributed by atoms with Gasteiger partial charge in [-0.25, -0.2) is 8.42 Å². The molecule has 0 aliphatic heterocycles. The number of hydrogen-bond donors (Lipinski definition) is 0. The van der Waals surface area contributed by atoms with E-state index >= 15 is 0 Å². The molecule has 0 fully saturated rings. The average Bonchev–Trinajstić information content (AvgIpc) is 2.26. The second kappa shape index (κ2) is 5.12. The van der Waals surface area contributed by atoms with Crippen molar-refractivity contribution in [2.45, 2.75) is 18.7 Å². The second-order valence-electron chi connectivity index (χ2n) is 3.80.